The van der Waals surface area contributed by atoms with E-state index in [0.717, 1.165) is 11.8 Å². The van der Waals surface area contributed by atoms with E-state index < -0.39 is 17.8 Å². The second kappa shape index (κ2) is 5.63. The van der Waals surface area contributed by atoms with Crippen molar-refractivity contribution in [2.24, 2.45) is 0 Å². The molecule has 5 heteroatoms. The molecule has 1 atom stereocenters. The first-order valence-electron chi connectivity index (χ1n) is 4.32. The number of thioether (sulfide) groups is 1. The first-order chi connectivity index (χ1) is 7.19. The number of carboxylic acid groups (broad SMARTS) is 1. The minimum atomic E-state index is -1.03. The van der Waals surface area contributed by atoms with E-state index in [1.54, 1.807) is 24.3 Å². The fourth-order valence-electron chi connectivity index (χ4n) is 1.04. The largest absolute Gasteiger partial charge is 0.496 e. The SMILES string of the molecule is COc1ccccc1SC(CO)C(=O)O. The topological polar surface area (TPSA) is 66.8 Å². The number of benzene rings is 1. The summed E-state index contributed by atoms with van der Waals surface area (Å²) in [6, 6.07) is 7.10. The summed E-state index contributed by atoms with van der Waals surface area (Å²) >= 11 is 1.07. The molecule has 0 amide bonds. The van der Waals surface area contributed by atoms with Crippen molar-refractivity contribution in [2.75, 3.05) is 13.7 Å². The van der Waals surface area contributed by atoms with Crippen LogP contribution in [-0.2, 0) is 4.79 Å². The van der Waals surface area contributed by atoms with E-state index in [1.807, 2.05) is 0 Å². The van der Waals surface area contributed by atoms with Gasteiger partial charge in [0.25, 0.3) is 0 Å². The summed E-state index contributed by atoms with van der Waals surface area (Å²) < 4.78 is 5.08. The van der Waals surface area contributed by atoms with Crippen LogP contribution in [0.15, 0.2) is 29.2 Å². The second-order valence-corrected chi connectivity index (χ2v) is 4.02. The van der Waals surface area contributed by atoms with Gasteiger partial charge in [0, 0.05) is 0 Å². The van der Waals surface area contributed by atoms with E-state index in [-0.39, 0.29) is 0 Å². The van der Waals surface area contributed by atoms with E-state index in [2.05, 4.69) is 0 Å². The Kier molecular flexibility index (Phi) is 4.45. The van der Waals surface area contributed by atoms with Crippen molar-refractivity contribution in [1.29, 1.82) is 0 Å². The number of aliphatic hydroxyl groups is 1. The number of ether oxygens (including phenoxy) is 1. The maximum absolute atomic E-state index is 10.7. The Balaban J connectivity index is 2.82. The Bertz CT molecular complexity index is 340. The van der Waals surface area contributed by atoms with Crippen LogP contribution in [0.1, 0.15) is 0 Å². The Morgan fingerprint density at radius 3 is 2.73 bits per heavy atom. The molecule has 1 rings (SSSR count). The van der Waals surface area contributed by atoms with Crippen LogP contribution in [0.3, 0.4) is 0 Å². The lowest BCUT2D eigenvalue weighted by atomic mass is 10.3. The van der Waals surface area contributed by atoms with Gasteiger partial charge in [-0.2, -0.15) is 0 Å². The van der Waals surface area contributed by atoms with Crippen LogP contribution < -0.4 is 4.74 Å². The molecular formula is C10H12O4S. The maximum atomic E-state index is 10.7. The van der Waals surface area contributed by atoms with Crippen LogP contribution in [0, 0.1) is 0 Å². The molecule has 0 aliphatic rings. The maximum Gasteiger partial charge on any atom is 0.319 e. The molecule has 0 saturated heterocycles. The summed E-state index contributed by atoms with van der Waals surface area (Å²) in [5.41, 5.74) is 0. The summed E-state index contributed by atoms with van der Waals surface area (Å²) in [5, 5.41) is 16.8. The van der Waals surface area contributed by atoms with Gasteiger partial charge in [0.1, 0.15) is 11.0 Å². The van der Waals surface area contributed by atoms with Gasteiger partial charge in [0.15, 0.2) is 0 Å². The highest BCUT2D eigenvalue weighted by Crippen LogP contribution is 2.31. The third-order valence-electron chi connectivity index (χ3n) is 1.78. The molecule has 1 aromatic rings. The number of aliphatic carboxylic acids is 1. The van der Waals surface area contributed by atoms with Crippen molar-refractivity contribution >= 4 is 17.7 Å². The molecule has 0 spiro atoms. The van der Waals surface area contributed by atoms with Crippen molar-refractivity contribution in [3.8, 4) is 5.75 Å². The van der Waals surface area contributed by atoms with Gasteiger partial charge in [-0.25, -0.2) is 0 Å². The van der Waals surface area contributed by atoms with Crippen LogP contribution in [0.4, 0.5) is 0 Å². The fourth-order valence-corrected chi connectivity index (χ4v) is 1.94. The molecule has 2 N–H and O–H groups in total. The summed E-state index contributed by atoms with van der Waals surface area (Å²) in [7, 11) is 1.52. The smallest absolute Gasteiger partial charge is 0.319 e. The Hall–Kier alpha value is -1.20. The first-order valence-corrected chi connectivity index (χ1v) is 5.20. The zero-order valence-corrected chi connectivity index (χ0v) is 9.03. The Labute approximate surface area is 91.9 Å². The number of aliphatic hydroxyl groups excluding tert-OH is 1. The highest BCUT2D eigenvalue weighted by Gasteiger charge is 2.19. The second-order valence-electron chi connectivity index (χ2n) is 2.78. The van der Waals surface area contributed by atoms with Crippen LogP contribution in [0.25, 0.3) is 0 Å². The van der Waals surface area contributed by atoms with E-state index in [4.69, 9.17) is 14.9 Å². The number of methoxy groups -OCH3 is 1. The molecule has 4 nitrogen and oxygen atoms in total. The predicted octanol–water partition coefficient (Wildman–Crippen LogP) is 1.23. The molecule has 1 unspecified atom stereocenters. The molecule has 0 radical (unpaired) electrons. The highest BCUT2D eigenvalue weighted by atomic mass is 32.2. The average Bonchev–Trinajstić information content (AvgIpc) is 2.25. The Morgan fingerprint density at radius 1 is 1.53 bits per heavy atom. The van der Waals surface area contributed by atoms with E-state index >= 15 is 0 Å². The molecule has 0 fully saturated rings. The number of rotatable bonds is 5. The van der Waals surface area contributed by atoms with E-state index in [0.29, 0.717) is 10.6 Å². The number of para-hydroxylation sites is 1. The summed E-state index contributed by atoms with van der Waals surface area (Å²) in [5.74, 6) is -0.421. The molecule has 0 aliphatic carbocycles. The van der Waals surface area contributed by atoms with Gasteiger partial charge in [-0.15, -0.1) is 11.8 Å². The fraction of sp³-hybridized carbons (Fsp3) is 0.300. The van der Waals surface area contributed by atoms with Crippen LogP contribution >= 0.6 is 11.8 Å². The van der Waals surface area contributed by atoms with Crippen LogP contribution in [0.5, 0.6) is 5.75 Å². The van der Waals surface area contributed by atoms with Crippen molar-refractivity contribution < 1.29 is 19.7 Å². The highest BCUT2D eigenvalue weighted by molar-refractivity contribution is 8.00. The zero-order valence-electron chi connectivity index (χ0n) is 8.21. The molecule has 0 aromatic heterocycles. The summed E-state index contributed by atoms with van der Waals surface area (Å²) in [6.45, 7) is -0.405. The monoisotopic (exact) mass is 228 g/mol. The Morgan fingerprint density at radius 2 is 2.20 bits per heavy atom. The van der Waals surface area contributed by atoms with Gasteiger partial charge in [-0.3, -0.25) is 4.79 Å². The average molecular weight is 228 g/mol. The van der Waals surface area contributed by atoms with Crippen molar-refractivity contribution in [3.63, 3.8) is 0 Å². The normalized spacial score (nSPS) is 12.1. The third kappa shape index (κ3) is 3.14. The molecule has 1 aromatic carbocycles. The molecule has 0 bridgehead atoms. The van der Waals surface area contributed by atoms with E-state index in [9.17, 15) is 4.79 Å². The predicted molar refractivity (Wildman–Crippen MR) is 57.4 cm³/mol. The summed E-state index contributed by atoms with van der Waals surface area (Å²) in [4.78, 5) is 11.4. The minimum Gasteiger partial charge on any atom is -0.496 e. The molecule has 0 heterocycles. The lowest BCUT2D eigenvalue weighted by Gasteiger charge is -2.11. The van der Waals surface area contributed by atoms with Crippen molar-refractivity contribution in [1.82, 2.24) is 0 Å². The number of carbonyl (C=O) groups is 1. The van der Waals surface area contributed by atoms with Gasteiger partial charge >= 0.3 is 5.97 Å². The third-order valence-corrected chi connectivity index (χ3v) is 3.01. The van der Waals surface area contributed by atoms with Crippen molar-refractivity contribution in [3.05, 3.63) is 24.3 Å². The van der Waals surface area contributed by atoms with Crippen molar-refractivity contribution in [2.45, 2.75) is 10.1 Å². The molecular weight excluding hydrogens is 216 g/mol. The van der Waals surface area contributed by atoms with Crippen LogP contribution in [-0.4, -0.2) is 35.1 Å². The molecule has 0 saturated carbocycles. The minimum absolute atomic E-state index is 0.405. The molecule has 82 valence electrons. The molecule has 15 heavy (non-hydrogen) atoms. The lowest BCUT2D eigenvalue weighted by Crippen LogP contribution is -2.20. The van der Waals surface area contributed by atoms with Gasteiger partial charge in [0.05, 0.1) is 18.6 Å². The number of carboxylic acids is 1. The van der Waals surface area contributed by atoms with E-state index in [1.165, 1.54) is 7.11 Å². The lowest BCUT2D eigenvalue weighted by molar-refractivity contribution is -0.137. The molecule has 0 aliphatic heterocycles. The van der Waals surface area contributed by atoms with Gasteiger partial charge in [0.2, 0.25) is 0 Å². The van der Waals surface area contributed by atoms with Gasteiger partial charge in [-0.1, -0.05) is 12.1 Å². The quantitative estimate of drug-likeness (QED) is 0.742. The van der Waals surface area contributed by atoms with Crippen LogP contribution in [0.2, 0.25) is 0 Å². The first kappa shape index (κ1) is 11.9. The number of hydrogen-bond donors (Lipinski definition) is 2. The van der Waals surface area contributed by atoms with Gasteiger partial charge < -0.3 is 14.9 Å². The standard InChI is InChI=1S/C10H12O4S/c1-14-7-4-2-3-5-8(7)15-9(6-11)10(12)13/h2-5,9,11H,6H2,1H3,(H,12,13). The summed E-state index contributed by atoms with van der Waals surface area (Å²) in [6.07, 6.45) is 0. The number of hydrogen-bond acceptors (Lipinski definition) is 4. The van der Waals surface area contributed by atoms with Gasteiger partial charge in [-0.05, 0) is 12.1 Å². The zero-order chi connectivity index (χ0) is 11.3.